The number of nitrogens with zero attached hydrogens (tertiary/aromatic N) is 2. The zero-order valence-corrected chi connectivity index (χ0v) is 16.6. The summed E-state index contributed by atoms with van der Waals surface area (Å²) in [6.07, 6.45) is 2.31. The summed E-state index contributed by atoms with van der Waals surface area (Å²) >= 11 is 0. The van der Waals surface area contributed by atoms with E-state index in [0.29, 0.717) is 25.6 Å². The highest BCUT2D eigenvalue weighted by atomic mass is 35.5. The molecule has 1 aromatic carbocycles. The molecule has 6 nitrogen and oxygen atoms in total. The van der Waals surface area contributed by atoms with Gasteiger partial charge in [0, 0.05) is 45.7 Å². The van der Waals surface area contributed by atoms with E-state index in [0.717, 1.165) is 38.0 Å². The molecule has 1 saturated heterocycles. The van der Waals surface area contributed by atoms with E-state index in [2.05, 4.69) is 17.6 Å². The average molecular weight is 383 g/mol. The standard InChI is InChI=1S/C19H30N4O2.ClH/c1-3-13-23(17-9-11-20-14-17)18(24)10-12-21-19(25)22(2)15-16-7-5-4-6-8-16;/h4-8,17,20H,3,9-15H2,1-2H3,(H,21,25);1H. The van der Waals surface area contributed by atoms with Crippen LogP contribution in [0.1, 0.15) is 31.7 Å². The first kappa shape index (κ1) is 22.3. The largest absolute Gasteiger partial charge is 0.338 e. The monoisotopic (exact) mass is 382 g/mol. The lowest BCUT2D eigenvalue weighted by Gasteiger charge is -2.28. The first-order valence-electron chi connectivity index (χ1n) is 9.15. The van der Waals surface area contributed by atoms with Gasteiger partial charge in [0.2, 0.25) is 5.91 Å². The molecule has 0 aromatic heterocycles. The van der Waals surface area contributed by atoms with Crippen molar-refractivity contribution in [1.29, 1.82) is 0 Å². The summed E-state index contributed by atoms with van der Waals surface area (Å²) in [5.74, 6) is 0.126. The topological polar surface area (TPSA) is 64.7 Å². The van der Waals surface area contributed by atoms with Crippen molar-refractivity contribution < 1.29 is 9.59 Å². The van der Waals surface area contributed by atoms with Crippen LogP contribution in [0.5, 0.6) is 0 Å². The van der Waals surface area contributed by atoms with Gasteiger partial charge in [-0.25, -0.2) is 4.79 Å². The van der Waals surface area contributed by atoms with Crippen molar-refractivity contribution in [2.45, 2.75) is 38.8 Å². The summed E-state index contributed by atoms with van der Waals surface area (Å²) in [6, 6.07) is 10.00. The number of benzene rings is 1. The smallest absolute Gasteiger partial charge is 0.317 e. The molecule has 2 N–H and O–H groups in total. The van der Waals surface area contributed by atoms with Crippen LogP contribution < -0.4 is 10.6 Å². The van der Waals surface area contributed by atoms with E-state index >= 15 is 0 Å². The number of rotatable bonds is 8. The minimum Gasteiger partial charge on any atom is -0.338 e. The second-order valence-corrected chi connectivity index (χ2v) is 6.56. The average Bonchev–Trinajstić information content (AvgIpc) is 3.14. The minimum absolute atomic E-state index is 0. The van der Waals surface area contributed by atoms with Crippen LogP contribution >= 0.6 is 12.4 Å². The molecule has 26 heavy (non-hydrogen) atoms. The predicted octanol–water partition coefficient (Wildman–Crippen LogP) is 2.24. The molecule has 0 saturated carbocycles. The Hall–Kier alpha value is -1.79. The van der Waals surface area contributed by atoms with Crippen molar-refractivity contribution in [3.63, 3.8) is 0 Å². The van der Waals surface area contributed by atoms with Gasteiger partial charge in [0.05, 0.1) is 0 Å². The Morgan fingerprint density at radius 3 is 2.62 bits per heavy atom. The second kappa shape index (κ2) is 11.8. The fraction of sp³-hybridized carbons (Fsp3) is 0.579. The first-order chi connectivity index (χ1) is 12.1. The minimum atomic E-state index is -0.152. The third-order valence-electron chi connectivity index (χ3n) is 4.48. The molecule has 1 unspecified atom stereocenters. The summed E-state index contributed by atoms with van der Waals surface area (Å²) < 4.78 is 0. The van der Waals surface area contributed by atoms with Crippen LogP contribution in [-0.2, 0) is 11.3 Å². The Kier molecular flexibility index (Phi) is 10.1. The molecule has 7 heteroatoms. The van der Waals surface area contributed by atoms with Crippen molar-refractivity contribution in [2.75, 3.05) is 33.2 Å². The normalized spacial score (nSPS) is 15.8. The zero-order chi connectivity index (χ0) is 18.1. The van der Waals surface area contributed by atoms with E-state index in [4.69, 9.17) is 0 Å². The van der Waals surface area contributed by atoms with Gasteiger partial charge in [0.1, 0.15) is 0 Å². The van der Waals surface area contributed by atoms with Gasteiger partial charge in [-0.1, -0.05) is 37.3 Å². The molecule has 0 aliphatic carbocycles. The quantitative estimate of drug-likeness (QED) is 0.724. The summed E-state index contributed by atoms with van der Waals surface area (Å²) in [7, 11) is 1.76. The molecule has 1 aliphatic heterocycles. The zero-order valence-electron chi connectivity index (χ0n) is 15.7. The lowest BCUT2D eigenvalue weighted by atomic mass is 10.2. The van der Waals surface area contributed by atoms with Crippen molar-refractivity contribution in [1.82, 2.24) is 20.4 Å². The maximum Gasteiger partial charge on any atom is 0.317 e. The number of carbonyl (C=O) groups excluding carboxylic acids is 2. The van der Waals surface area contributed by atoms with Gasteiger partial charge in [-0.05, 0) is 24.9 Å². The van der Waals surface area contributed by atoms with Crippen LogP contribution in [0.2, 0.25) is 0 Å². The van der Waals surface area contributed by atoms with Gasteiger partial charge in [0.25, 0.3) is 0 Å². The van der Waals surface area contributed by atoms with Crippen molar-refractivity contribution in [3.05, 3.63) is 35.9 Å². The molecule has 0 radical (unpaired) electrons. The SMILES string of the molecule is CCCN(C(=O)CCNC(=O)N(C)Cc1ccccc1)C1CCNC1.Cl. The van der Waals surface area contributed by atoms with E-state index in [-0.39, 0.29) is 24.3 Å². The lowest BCUT2D eigenvalue weighted by molar-refractivity contribution is -0.133. The van der Waals surface area contributed by atoms with Crippen LogP contribution in [0, 0.1) is 0 Å². The lowest BCUT2D eigenvalue weighted by Crippen LogP contribution is -2.44. The highest BCUT2D eigenvalue weighted by Gasteiger charge is 2.25. The summed E-state index contributed by atoms with van der Waals surface area (Å²) in [5, 5.41) is 6.15. The highest BCUT2D eigenvalue weighted by molar-refractivity contribution is 5.85. The molecule has 1 aromatic rings. The third kappa shape index (κ3) is 6.84. The maximum atomic E-state index is 12.5. The molecule has 0 spiro atoms. The summed E-state index contributed by atoms with van der Waals surface area (Å²) in [5.41, 5.74) is 1.08. The van der Waals surface area contributed by atoms with Crippen LogP contribution in [0.15, 0.2) is 30.3 Å². The third-order valence-corrected chi connectivity index (χ3v) is 4.48. The molecule has 146 valence electrons. The van der Waals surface area contributed by atoms with Gasteiger partial charge in [0.15, 0.2) is 0 Å². The molecule has 1 aliphatic rings. The van der Waals surface area contributed by atoms with Crippen LogP contribution in [-0.4, -0.2) is 61.0 Å². The van der Waals surface area contributed by atoms with Gasteiger partial charge in [-0.15, -0.1) is 12.4 Å². The van der Waals surface area contributed by atoms with Gasteiger partial charge in [-0.2, -0.15) is 0 Å². The van der Waals surface area contributed by atoms with E-state index in [1.807, 2.05) is 35.2 Å². The number of carbonyl (C=O) groups is 2. The van der Waals surface area contributed by atoms with E-state index < -0.39 is 0 Å². The van der Waals surface area contributed by atoms with Crippen LogP contribution in [0.3, 0.4) is 0 Å². The molecule has 1 heterocycles. The van der Waals surface area contributed by atoms with E-state index in [1.165, 1.54) is 0 Å². The van der Waals surface area contributed by atoms with Crippen molar-refractivity contribution >= 4 is 24.3 Å². The first-order valence-corrected chi connectivity index (χ1v) is 9.15. The molecule has 1 fully saturated rings. The summed E-state index contributed by atoms with van der Waals surface area (Å²) in [6.45, 7) is 5.64. The number of halogens is 1. The van der Waals surface area contributed by atoms with Crippen molar-refractivity contribution in [3.8, 4) is 0 Å². The van der Waals surface area contributed by atoms with Crippen LogP contribution in [0.25, 0.3) is 0 Å². The molecule has 2 rings (SSSR count). The number of hydrogen-bond acceptors (Lipinski definition) is 3. The Labute approximate surface area is 162 Å². The Bertz CT molecular complexity index is 550. The van der Waals surface area contributed by atoms with E-state index in [9.17, 15) is 9.59 Å². The molecular formula is C19H31ClN4O2. The molecular weight excluding hydrogens is 352 g/mol. The molecule has 3 amide bonds. The van der Waals surface area contributed by atoms with Gasteiger partial charge >= 0.3 is 6.03 Å². The molecule has 1 atom stereocenters. The number of hydrogen-bond donors (Lipinski definition) is 2. The molecule has 0 bridgehead atoms. The fourth-order valence-corrected chi connectivity index (χ4v) is 3.14. The number of amides is 3. The van der Waals surface area contributed by atoms with Crippen LogP contribution in [0.4, 0.5) is 4.79 Å². The summed E-state index contributed by atoms with van der Waals surface area (Å²) in [4.78, 5) is 28.3. The van der Waals surface area contributed by atoms with Gasteiger partial charge < -0.3 is 20.4 Å². The highest BCUT2D eigenvalue weighted by Crippen LogP contribution is 2.11. The van der Waals surface area contributed by atoms with Gasteiger partial charge in [-0.3, -0.25) is 4.79 Å². The van der Waals surface area contributed by atoms with Crippen molar-refractivity contribution in [2.24, 2.45) is 0 Å². The van der Waals surface area contributed by atoms with E-state index in [1.54, 1.807) is 11.9 Å². The fourth-order valence-electron chi connectivity index (χ4n) is 3.14. The Morgan fingerprint density at radius 1 is 1.27 bits per heavy atom. The number of nitrogens with one attached hydrogen (secondary N) is 2. The maximum absolute atomic E-state index is 12.5. The predicted molar refractivity (Wildman–Crippen MR) is 106 cm³/mol. The number of urea groups is 1. The Morgan fingerprint density at radius 2 is 2.00 bits per heavy atom. The second-order valence-electron chi connectivity index (χ2n) is 6.56. The Balaban J connectivity index is 0.00000338.